The molecule has 0 aromatic heterocycles. The maximum atomic E-state index is 13.9. The van der Waals surface area contributed by atoms with E-state index in [1.54, 1.807) is 31.1 Å². The molecular weight excluding hydrogens is 396 g/mol. The van der Waals surface area contributed by atoms with Gasteiger partial charge in [-0.05, 0) is 43.9 Å². The van der Waals surface area contributed by atoms with Gasteiger partial charge in [-0.1, -0.05) is 29.8 Å². The molecule has 2 rings (SSSR count). The van der Waals surface area contributed by atoms with Crippen molar-refractivity contribution < 1.29 is 17.2 Å². The first kappa shape index (κ1) is 21.7. The average molecular weight is 418 g/mol. The molecule has 0 amide bonds. The van der Waals surface area contributed by atoms with Gasteiger partial charge in [0, 0.05) is 36.8 Å². The quantitative estimate of drug-likeness (QED) is 0.717. The van der Waals surface area contributed by atoms with Crippen LogP contribution in [0.4, 0.5) is 8.78 Å². The van der Waals surface area contributed by atoms with Crippen LogP contribution in [-0.4, -0.2) is 45.3 Å². The Balaban J connectivity index is 2.12. The lowest BCUT2D eigenvalue weighted by Gasteiger charge is -2.26. The van der Waals surface area contributed by atoms with E-state index in [4.69, 9.17) is 11.6 Å². The van der Waals surface area contributed by atoms with E-state index in [0.29, 0.717) is 5.56 Å². The molecule has 0 saturated heterocycles. The summed E-state index contributed by atoms with van der Waals surface area (Å²) in [7, 11) is 0.971. The number of rotatable bonds is 8. The zero-order valence-corrected chi connectivity index (χ0v) is 16.9. The van der Waals surface area contributed by atoms with E-state index in [1.807, 2.05) is 0 Å². The first-order chi connectivity index (χ1) is 12.6. The van der Waals surface area contributed by atoms with E-state index in [0.717, 1.165) is 4.31 Å². The Morgan fingerprint density at radius 2 is 1.78 bits per heavy atom. The van der Waals surface area contributed by atoms with Crippen molar-refractivity contribution in [2.45, 2.75) is 12.6 Å². The fourth-order valence-corrected chi connectivity index (χ4v) is 3.71. The molecule has 0 radical (unpaired) electrons. The van der Waals surface area contributed by atoms with Crippen LogP contribution < -0.4 is 4.72 Å². The van der Waals surface area contributed by atoms with Crippen LogP contribution >= 0.6 is 11.6 Å². The predicted molar refractivity (Wildman–Crippen MR) is 103 cm³/mol. The molecule has 0 fully saturated rings. The SMILES string of the molecule is CN(C)C(CNS(=O)(=O)N(C)Cc1c(F)cccc1Cl)c1cccc(F)c1. The van der Waals surface area contributed by atoms with Crippen LogP contribution in [0.25, 0.3) is 0 Å². The van der Waals surface area contributed by atoms with Crippen molar-refractivity contribution in [2.24, 2.45) is 0 Å². The van der Waals surface area contributed by atoms with Crippen LogP contribution in [-0.2, 0) is 16.8 Å². The second kappa shape index (κ2) is 9.07. The van der Waals surface area contributed by atoms with Crippen LogP contribution in [0.5, 0.6) is 0 Å². The summed E-state index contributed by atoms with van der Waals surface area (Å²) in [6.45, 7) is -0.193. The average Bonchev–Trinajstić information content (AvgIpc) is 2.58. The van der Waals surface area contributed by atoms with Gasteiger partial charge in [-0.15, -0.1) is 0 Å². The highest BCUT2D eigenvalue weighted by atomic mass is 35.5. The second-order valence-electron chi connectivity index (χ2n) is 6.34. The number of hydrogen-bond acceptors (Lipinski definition) is 3. The summed E-state index contributed by atoms with van der Waals surface area (Å²) in [6, 6.07) is 9.79. The highest BCUT2D eigenvalue weighted by Crippen LogP contribution is 2.22. The minimum Gasteiger partial charge on any atom is -0.301 e. The van der Waals surface area contributed by atoms with Gasteiger partial charge in [0.2, 0.25) is 0 Å². The number of likely N-dealkylation sites (N-methyl/N-ethyl adjacent to an activating group) is 1. The Bertz CT molecular complexity index is 874. The molecule has 0 bridgehead atoms. The summed E-state index contributed by atoms with van der Waals surface area (Å²) in [5.41, 5.74) is 0.740. The third-order valence-corrected chi connectivity index (χ3v) is 6.00. The van der Waals surface area contributed by atoms with Crippen molar-refractivity contribution in [3.63, 3.8) is 0 Å². The predicted octanol–water partition coefficient (Wildman–Crippen LogP) is 3.19. The van der Waals surface area contributed by atoms with Crippen LogP contribution in [0.3, 0.4) is 0 Å². The van der Waals surface area contributed by atoms with Gasteiger partial charge >= 0.3 is 0 Å². The fraction of sp³-hybridized carbons (Fsp3) is 0.333. The summed E-state index contributed by atoms with van der Waals surface area (Å²) in [5, 5.41) is 0.156. The van der Waals surface area contributed by atoms with E-state index in [2.05, 4.69) is 4.72 Å². The van der Waals surface area contributed by atoms with Crippen molar-refractivity contribution in [3.05, 3.63) is 70.2 Å². The fourth-order valence-electron chi connectivity index (χ4n) is 2.60. The minimum absolute atomic E-state index is 0.0220. The molecule has 148 valence electrons. The minimum atomic E-state index is -3.90. The standard InChI is InChI=1S/C18H22ClF2N3O2S/c1-23(2)18(13-6-4-7-14(20)10-13)11-22-27(25,26)24(3)12-15-16(19)8-5-9-17(15)21/h4-10,18,22H,11-12H2,1-3H3. The van der Waals surface area contributed by atoms with Gasteiger partial charge in [0.05, 0.1) is 0 Å². The summed E-state index contributed by atoms with van der Waals surface area (Å²) in [5.74, 6) is -0.969. The van der Waals surface area contributed by atoms with Gasteiger partial charge in [0.25, 0.3) is 10.2 Å². The van der Waals surface area contributed by atoms with Crippen LogP contribution in [0.15, 0.2) is 42.5 Å². The molecule has 27 heavy (non-hydrogen) atoms. The number of nitrogens with one attached hydrogen (secondary N) is 1. The zero-order chi connectivity index (χ0) is 20.2. The lowest BCUT2D eigenvalue weighted by atomic mass is 10.1. The summed E-state index contributed by atoms with van der Waals surface area (Å²) < 4.78 is 56.0. The molecule has 5 nitrogen and oxygen atoms in total. The lowest BCUT2D eigenvalue weighted by Crippen LogP contribution is -2.42. The molecule has 0 saturated carbocycles. The Labute approximate surface area is 163 Å². The molecule has 0 aliphatic heterocycles. The molecule has 2 aromatic carbocycles. The third-order valence-electron chi connectivity index (χ3n) is 4.17. The number of halogens is 3. The Morgan fingerprint density at radius 1 is 1.11 bits per heavy atom. The van der Waals surface area contributed by atoms with Crippen LogP contribution in [0.2, 0.25) is 5.02 Å². The molecule has 0 aliphatic carbocycles. The van der Waals surface area contributed by atoms with E-state index >= 15 is 0 Å². The molecular formula is C18H22ClF2N3O2S. The molecule has 1 atom stereocenters. The largest absolute Gasteiger partial charge is 0.301 e. The molecule has 0 aliphatic rings. The maximum Gasteiger partial charge on any atom is 0.279 e. The Hall–Kier alpha value is -1.58. The molecule has 0 spiro atoms. The van der Waals surface area contributed by atoms with Gasteiger partial charge in [0.1, 0.15) is 11.6 Å². The summed E-state index contributed by atoms with van der Waals surface area (Å²) in [4.78, 5) is 1.78. The number of nitrogens with zero attached hydrogens (tertiary/aromatic N) is 2. The molecule has 1 unspecified atom stereocenters. The summed E-state index contributed by atoms with van der Waals surface area (Å²) >= 11 is 5.96. The van der Waals surface area contributed by atoms with E-state index < -0.39 is 21.8 Å². The van der Waals surface area contributed by atoms with Crippen molar-refractivity contribution >= 4 is 21.8 Å². The normalized spacial score (nSPS) is 13.3. The van der Waals surface area contributed by atoms with Gasteiger partial charge in [0.15, 0.2) is 0 Å². The maximum absolute atomic E-state index is 13.9. The topological polar surface area (TPSA) is 52.7 Å². The molecule has 1 N–H and O–H groups in total. The van der Waals surface area contributed by atoms with E-state index in [9.17, 15) is 17.2 Å². The van der Waals surface area contributed by atoms with Crippen LogP contribution in [0, 0.1) is 11.6 Å². The second-order valence-corrected chi connectivity index (χ2v) is 8.61. The first-order valence-electron chi connectivity index (χ1n) is 8.17. The Morgan fingerprint density at radius 3 is 2.37 bits per heavy atom. The van der Waals surface area contributed by atoms with Crippen molar-refractivity contribution in [1.82, 2.24) is 13.9 Å². The first-order valence-corrected chi connectivity index (χ1v) is 9.99. The monoisotopic (exact) mass is 417 g/mol. The molecule has 2 aromatic rings. The lowest BCUT2D eigenvalue weighted by molar-refractivity contribution is 0.296. The summed E-state index contributed by atoms with van der Waals surface area (Å²) in [6.07, 6.45) is 0. The Kier molecular flexibility index (Phi) is 7.30. The highest BCUT2D eigenvalue weighted by molar-refractivity contribution is 7.87. The number of benzene rings is 2. The van der Waals surface area contributed by atoms with Gasteiger partial charge in [-0.25, -0.2) is 13.5 Å². The van der Waals surface area contributed by atoms with Gasteiger partial charge in [-0.2, -0.15) is 12.7 Å². The van der Waals surface area contributed by atoms with Gasteiger partial charge in [-0.3, -0.25) is 0 Å². The van der Waals surface area contributed by atoms with E-state index in [1.165, 1.54) is 37.4 Å². The van der Waals surface area contributed by atoms with Crippen molar-refractivity contribution in [2.75, 3.05) is 27.7 Å². The third kappa shape index (κ3) is 5.70. The molecule has 9 heteroatoms. The smallest absolute Gasteiger partial charge is 0.279 e. The zero-order valence-electron chi connectivity index (χ0n) is 15.3. The van der Waals surface area contributed by atoms with Crippen molar-refractivity contribution in [3.8, 4) is 0 Å². The van der Waals surface area contributed by atoms with E-state index in [-0.39, 0.29) is 29.7 Å². The van der Waals surface area contributed by atoms with Crippen molar-refractivity contribution in [1.29, 1.82) is 0 Å². The van der Waals surface area contributed by atoms with Gasteiger partial charge < -0.3 is 4.90 Å². The van der Waals surface area contributed by atoms with Crippen LogP contribution in [0.1, 0.15) is 17.2 Å². The highest BCUT2D eigenvalue weighted by Gasteiger charge is 2.23. The molecule has 0 heterocycles. The number of hydrogen-bond donors (Lipinski definition) is 1.